The Morgan fingerprint density at radius 3 is 2.70 bits per heavy atom. The molecule has 0 aromatic heterocycles. The minimum absolute atomic E-state index is 0.516. The van der Waals surface area contributed by atoms with Crippen molar-refractivity contribution in [1.82, 2.24) is 0 Å². The summed E-state index contributed by atoms with van der Waals surface area (Å²) >= 11 is 0. The van der Waals surface area contributed by atoms with E-state index in [1.165, 1.54) is 48.9 Å². The van der Waals surface area contributed by atoms with Crippen LogP contribution in [0.15, 0.2) is 56.9 Å². The molecule has 0 spiro atoms. The first-order valence-corrected chi connectivity index (χ1v) is 8.91. The van der Waals surface area contributed by atoms with Gasteiger partial charge in [-0.1, -0.05) is 36.8 Å². The summed E-state index contributed by atoms with van der Waals surface area (Å²) in [5.74, 6) is 1.15. The molecule has 4 rings (SSSR count). The van der Waals surface area contributed by atoms with Crippen molar-refractivity contribution >= 4 is 0 Å². The van der Waals surface area contributed by atoms with Crippen molar-refractivity contribution in [2.75, 3.05) is 6.54 Å². The lowest BCUT2D eigenvalue weighted by atomic mass is 9.68. The van der Waals surface area contributed by atoms with Crippen molar-refractivity contribution in [2.45, 2.75) is 45.4 Å². The lowest BCUT2D eigenvalue weighted by Crippen LogP contribution is -2.25. The zero-order chi connectivity index (χ0) is 15.8. The van der Waals surface area contributed by atoms with Gasteiger partial charge in [0.15, 0.2) is 0 Å². The minimum atomic E-state index is 0.516. The van der Waals surface area contributed by atoms with Crippen LogP contribution in [0.2, 0.25) is 0 Å². The van der Waals surface area contributed by atoms with Gasteiger partial charge in [0, 0.05) is 11.5 Å². The highest BCUT2D eigenvalue weighted by atomic mass is 15.1. The Labute approximate surface area is 139 Å². The van der Waals surface area contributed by atoms with Crippen molar-refractivity contribution in [1.29, 1.82) is 0 Å². The average molecular weight is 304 g/mol. The van der Waals surface area contributed by atoms with E-state index in [1.807, 2.05) is 12.1 Å². The molecule has 0 fully saturated rings. The second kappa shape index (κ2) is 6.07. The molecular weight excluding hydrogens is 280 g/mol. The largest absolute Gasteiger partial charge is 0.184 e. The SMILES string of the molecule is [CH]c1ccc(CCC2C3=C(CCCC3)C3=C(N=NC3)[C@@H]2C)cc1. The smallest absolute Gasteiger partial charge is 0.0874 e. The van der Waals surface area contributed by atoms with Crippen LogP contribution >= 0.6 is 0 Å². The molecule has 2 aliphatic carbocycles. The maximum atomic E-state index is 5.80. The summed E-state index contributed by atoms with van der Waals surface area (Å²) < 4.78 is 0. The van der Waals surface area contributed by atoms with Gasteiger partial charge in [-0.2, -0.15) is 10.2 Å². The number of nitrogens with zero attached hydrogens (tertiary/aromatic N) is 2. The van der Waals surface area contributed by atoms with Crippen molar-refractivity contribution in [3.05, 3.63) is 64.7 Å². The van der Waals surface area contributed by atoms with E-state index in [0.717, 1.165) is 18.5 Å². The van der Waals surface area contributed by atoms with Gasteiger partial charge in [0.1, 0.15) is 0 Å². The van der Waals surface area contributed by atoms with Crippen LogP contribution in [0.4, 0.5) is 0 Å². The van der Waals surface area contributed by atoms with Crippen LogP contribution in [-0.4, -0.2) is 6.54 Å². The Bertz CT molecular complexity index is 691. The first-order chi connectivity index (χ1) is 11.2. The molecule has 0 N–H and O–H groups in total. The van der Waals surface area contributed by atoms with Crippen LogP contribution in [0.25, 0.3) is 0 Å². The van der Waals surface area contributed by atoms with Crippen LogP contribution in [0.5, 0.6) is 0 Å². The molecule has 2 radical (unpaired) electrons. The van der Waals surface area contributed by atoms with Gasteiger partial charge in [0.25, 0.3) is 0 Å². The number of aryl methyl sites for hydroxylation is 1. The van der Waals surface area contributed by atoms with Gasteiger partial charge >= 0.3 is 0 Å². The molecule has 23 heavy (non-hydrogen) atoms. The fourth-order valence-corrected chi connectivity index (χ4v) is 4.55. The molecule has 2 nitrogen and oxygen atoms in total. The van der Waals surface area contributed by atoms with E-state index in [4.69, 9.17) is 6.92 Å². The van der Waals surface area contributed by atoms with Crippen molar-refractivity contribution < 1.29 is 0 Å². The van der Waals surface area contributed by atoms with E-state index in [-0.39, 0.29) is 0 Å². The predicted molar refractivity (Wildman–Crippen MR) is 93.1 cm³/mol. The van der Waals surface area contributed by atoms with Gasteiger partial charge in [-0.05, 0) is 68.1 Å². The van der Waals surface area contributed by atoms with Crippen LogP contribution in [0, 0.1) is 18.8 Å². The molecule has 118 valence electrons. The van der Waals surface area contributed by atoms with Gasteiger partial charge in [0.2, 0.25) is 0 Å². The van der Waals surface area contributed by atoms with Gasteiger partial charge in [-0.15, -0.1) is 0 Å². The number of hydrogen-bond acceptors (Lipinski definition) is 2. The zero-order valence-corrected chi connectivity index (χ0v) is 13.9. The average Bonchev–Trinajstić information content (AvgIpc) is 3.07. The normalized spacial score (nSPS) is 26.5. The highest BCUT2D eigenvalue weighted by Gasteiger charge is 2.36. The third kappa shape index (κ3) is 2.69. The number of fused-ring (bicyclic) bond motifs is 1. The summed E-state index contributed by atoms with van der Waals surface area (Å²) in [4.78, 5) is 0. The fourth-order valence-electron chi connectivity index (χ4n) is 4.55. The second-order valence-corrected chi connectivity index (χ2v) is 7.15. The Morgan fingerprint density at radius 2 is 1.87 bits per heavy atom. The van der Waals surface area contributed by atoms with Crippen LogP contribution in [0.1, 0.15) is 50.2 Å². The number of azo groups is 1. The lowest BCUT2D eigenvalue weighted by molar-refractivity contribution is 0.393. The molecule has 1 aliphatic heterocycles. The number of benzene rings is 1. The Morgan fingerprint density at radius 1 is 1.09 bits per heavy atom. The predicted octanol–water partition coefficient (Wildman–Crippen LogP) is 5.53. The highest BCUT2D eigenvalue weighted by Crippen LogP contribution is 2.48. The fraction of sp³-hybridized carbons (Fsp3) is 0.476. The molecule has 0 saturated heterocycles. The van der Waals surface area contributed by atoms with Gasteiger partial charge in [0.05, 0.1) is 12.2 Å². The minimum Gasteiger partial charge on any atom is -0.184 e. The Hall–Kier alpha value is -1.70. The van der Waals surface area contributed by atoms with Crippen molar-refractivity contribution in [2.24, 2.45) is 22.1 Å². The molecule has 0 saturated carbocycles. The van der Waals surface area contributed by atoms with E-state index in [0.29, 0.717) is 11.8 Å². The quantitative estimate of drug-likeness (QED) is 0.701. The number of rotatable bonds is 3. The van der Waals surface area contributed by atoms with Crippen LogP contribution in [-0.2, 0) is 6.42 Å². The molecule has 2 heteroatoms. The molecule has 1 heterocycles. The van der Waals surface area contributed by atoms with Gasteiger partial charge < -0.3 is 0 Å². The summed E-state index contributed by atoms with van der Waals surface area (Å²) in [7, 11) is 0. The third-order valence-corrected chi connectivity index (χ3v) is 5.80. The standard InChI is InChI=1S/C21H24N2/c1-14-7-9-16(10-8-14)11-12-17-15(2)21-20(13-22-23-21)19-6-4-3-5-18(17)19/h1,7-10,15,17H,3-6,11-13H2,2H3/t15-,17?/m1/s1. The maximum absolute atomic E-state index is 5.80. The first-order valence-electron chi connectivity index (χ1n) is 8.91. The topological polar surface area (TPSA) is 24.7 Å². The van der Waals surface area contributed by atoms with Gasteiger partial charge in [-0.3, -0.25) is 0 Å². The van der Waals surface area contributed by atoms with E-state index in [1.54, 1.807) is 11.1 Å². The Kier molecular flexibility index (Phi) is 3.92. The summed E-state index contributed by atoms with van der Waals surface area (Å²) in [6, 6.07) is 8.35. The zero-order valence-electron chi connectivity index (χ0n) is 13.9. The molecule has 1 aromatic carbocycles. The summed E-state index contributed by atoms with van der Waals surface area (Å²) in [5.41, 5.74) is 8.33. The molecular formula is C21H24N2. The second-order valence-electron chi connectivity index (χ2n) is 7.15. The molecule has 0 amide bonds. The van der Waals surface area contributed by atoms with Crippen LogP contribution in [0.3, 0.4) is 0 Å². The van der Waals surface area contributed by atoms with E-state index >= 15 is 0 Å². The molecule has 3 aliphatic rings. The maximum Gasteiger partial charge on any atom is 0.0874 e. The summed E-state index contributed by atoms with van der Waals surface area (Å²) in [5, 5.41) is 8.84. The molecule has 1 unspecified atom stereocenters. The third-order valence-electron chi connectivity index (χ3n) is 5.80. The van der Waals surface area contributed by atoms with Crippen molar-refractivity contribution in [3.8, 4) is 0 Å². The number of allylic oxidation sites excluding steroid dienone is 2. The monoisotopic (exact) mass is 304 g/mol. The lowest BCUT2D eigenvalue weighted by Gasteiger charge is -2.36. The number of hydrogen-bond donors (Lipinski definition) is 0. The molecule has 2 atom stereocenters. The van der Waals surface area contributed by atoms with E-state index < -0.39 is 0 Å². The van der Waals surface area contributed by atoms with Gasteiger partial charge in [-0.25, -0.2) is 0 Å². The van der Waals surface area contributed by atoms with E-state index in [2.05, 4.69) is 29.3 Å². The first kappa shape index (κ1) is 14.9. The van der Waals surface area contributed by atoms with Crippen molar-refractivity contribution in [3.63, 3.8) is 0 Å². The molecule has 0 bridgehead atoms. The van der Waals surface area contributed by atoms with E-state index in [9.17, 15) is 0 Å². The summed E-state index contributed by atoms with van der Waals surface area (Å²) in [6.07, 6.45) is 7.52. The summed E-state index contributed by atoms with van der Waals surface area (Å²) in [6.45, 7) is 8.97. The van der Waals surface area contributed by atoms with Crippen LogP contribution < -0.4 is 0 Å². The highest BCUT2D eigenvalue weighted by molar-refractivity contribution is 5.48. The molecule has 1 aromatic rings. The Balaban J connectivity index is 1.58.